The molecule has 5 N–H and O–H groups in total. The van der Waals surface area contributed by atoms with Crippen LogP contribution in [-0.2, 0) is 0 Å². The van der Waals surface area contributed by atoms with Crippen LogP contribution in [0.3, 0.4) is 0 Å². The van der Waals surface area contributed by atoms with E-state index >= 15 is 0 Å². The predicted molar refractivity (Wildman–Crippen MR) is 122 cm³/mol. The number of aromatic nitrogens is 2. The highest BCUT2D eigenvalue weighted by molar-refractivity contribution is 5.99. The largest absolute Gasteiger partial charge is 0.465 e. The third-order valence-electron chi connectivity index (χ3n) is 5.03. The number of hydrogen-bond donors (Lipinski definition) is 4. The predicted octanol–water partition coefficient (Wildman–Crippen LogP) is 5.28. The van der Waals surface area contributed by atoms with Gasteiger partial charge in [-0.2, -0.15) is 0 Å². The number of amides is 3. The standard InChI is InChI=1S/C23H21N5O4/c1-13-5-3-8-20(14(13)2)28(21(24)29)15-6-4-7-16(11-15)32-17-9-10-18-19(12-17)26-22(25-18)27-23(30)31/h3-12H,1-2H3,(H2,24,29)(H,30,31)(H2,25,26,27). The lowest BCUT2D eigenvalue weighted by Gasteiger charge is -2.24. The molecule has 9 nitrogen and oxygen atoms in total. The van der Waals surface area contributed by atoms with Gasteiger partial charge in [0.2, 0.25) is 5.95 Å². The van der Waals surface area contributed by atoms with Crippen molar-refractivity contribution >= 4 is 40.5 Å². The molecular weight excluding hydrogens is 410 g/mol. The van der Waals surface area contributed by atoms with Gasteiger partial charge in [-0.25, -0.2) is 14.6 Å². The summed E-state index contributed by atoms with van der Waals surface area (Å²) < 4.78 is 5.97. The number of aryl methyl sites for hydroxylation is 1. The molecule has 0 radical (unpaired) electrons. The Morgan fingerprint density at radius 1 is 1.06 bits per heavy atom. The molecule has 4 rings (SSSR count). The van der Waals surface area contributed by atoms with Gasteiger partial charge in [0.15, 0.2) is 0 Å². The summed E-state index contributed by atoms with van der Waals surface area (Å²) in [6.07, 6.45) is -1.21. The van der Waals surface area contributed by atoms with Gasteiger partial charge < -0.3 is 20.6 Å². The number of ether oxygens (including phenoxy) is 1. The van der Waals surface area contributed by atoms with Crippen molar-refractivity contribution in [2.75, 3.05) is 10.2 Å². The number of carboxylic acid groups (broad SMARTS) is 1. The topological polar surface area (TPSA) is 134 Å². The van der Waals surface area contributed by atoms with Crippen molar-refractivity contribution in [3.05, 3.63) is 71.8 Å². The van der Waals surface area contributed by atoms with Crippen LogP contribution in [-0.4, -0.2) is 27.2 Å². The molecule has 0 aliphatic heterocycles. The van der Waals surface area contributed by atoms with Gasteiger partial charge in [0.05, 0.1) is 22.4 Å². The van der Waals surface area contributed by atoms with Crippen molar-refractivity contribution in [1.29, 1.82) is 0 Å². The molecule has 3 aromatic carbocycles. The van der Waals surface area contributed by atoms with Gasteiger partial charge in [-0.15, -0.1) is 0 Å². The first-order valence-corrected chi connectivity index (χ1v) is 9.75. The first-order valence-electron chi connectivity index (χ1n) is 9.75. The maximum atomic E-state index is 12.3. The molecule has 1 heterocycles. The van der Waals surface area contributed by atoms with E-state index in [2.05, 4.69) is 15.3 Å². The van der Waals surface area contributed by atoms with Gasteiger partial charge in [-0.3, -0.25) is 10.2 Å². The van der Waals surface area contributed by atoms with Gasteiger partial charge in [-0.1, -0.05) is 18.2 Å². The van der Waals surface area contributed by atoms with Crippen LogP contribution in [0.5, 0.6) is 11.5 Å². The Kier molecular flexibility index (Phi) is 5.38. The van der Waals surface area contributed by atoms with E-state index in [0.29, 0.717) is 33.9 Å². The number of H-pyrrole nitrogens is 1. The van der Waals surface area contributed by atoms with Gasteiger partial charge in [-0.05, 0) is 55.3 Å². The normalized spacial score (nSPS) is 10.7. The van der Waals surface area contributed by atoms with Gasteiger partial charge in [0.25, 0.3) is 0 Å². The highest BCUT2D eigenvalue weighted by Gasteiger charge is 2.18. The molecule has 0 atom stereocenters. The fourth-order valence-corrected chi connectivity index (χ4v) is 3.40. The lowest BCUT2D eigenvalue weighted by atomic mass is 10.1. The SMILES string of the molecule is Cc1cccc(N(C(N)=O)c2cccc(Oc3ccc4nc(NC(=O)O)[nH]c4c3)c2)c1C. The first kappa shape index (κ1) is 20.7. The summed E-state index contributed by atoms with van der Waals surface area (Å²) in [5, 5.41) is 11.0. The molecule has 0 aliphatic carbocycles. The molecule has 4 aromatic rings. The highest BCUT2D eigenvalue weighted by atomic mass is 16.5. The fraction of sp³-hybridized carbons (Fsp3) is 0.0870. The Labute approximate surface area is 183 Å². The minimum atomic E-state index is -1.21. The molecular formula is C23H21N5O4. The smallest absolute Gasteiger partial charge is 0.411 e. The van der Waals surface area contributed by atoms with Crippen LogP contribution in [0.4, 0.5) is 26.9 Å². The number of rotatable bonds is 5. The fourth-order valence-electron chi connectivity index (χ4n) is 3.40. The molecule has 1 aromatic heterocycles. The van der Waals surface area contributed by atoms with E-state index in [-0.39, 0.29) is 5.95 Å². The average Bonchev–Trinajstić information content (AvgIpc) is 3.12. The summed E-state index contributed by atoms with van der Waals surface area (Å²) >= 11 is 0. The number of hydrogen-bond acceptors (Lipinski definition) is 4. The summed E-state index contributed by atoms with van der Waals surface area (Å²) in [6.45, 7) is 3.91. The summed E-state index contributed by atoms with van der Waals surface area (Å²) in [4.78, 5) is 31.6. The van der Waals surface area contributed by atoms with Crippen LogP contribution in [0.25, 0.3) is 11.0 Å². The number of aromatic amines is 1. The van der Waals surface area contributed by atoms with Crippen molar-refractivity contribution < 1.29 is 19.4 Å². The Balaban J connectivity index is 1.64. The summed E-state index contributed by atoms with van der Waals surface area (Å²) in [5.74, 6) is 1.14. The van der Waals surface area contributed by atoms with Crippen LogP contribution in [0.2, 0.25) is 0 Å². The third-order valence-corrected chi connectivity index (χ3v) is 5.03. The second-order valence-corrected chi connectivity index (χ2v) is 7.19. The molecule has 0 unspecified atom stereocenters. The number of nitrogens with zero attached hydrogens (tertiary/aromatic N) is 2. The van der Waals surface area contributed by atoms with Crippen LogP contribution >= 0.6 is 0 Å². The lowest BCUT2D eigenvalue weighted by molar-refractivity contribution is 0.209. The van der Waals surface area contributed by atoms with E-state index in [1.807, 2.05) is 32.0 Å². The van der Waals surface area contributed by atoms with Crippen LogP contribution < -0.4 is 20.7 Å². The van der Waals surface area contributed by atoms with Crippen LogP contribution in [0.15, 0.2) is 60.7 Å². The summed E-state index contributed by atoms with van der Waals surface area (Å²) in [6, 6.07) is 17.3. The number of nitrogens with one attached hydrogen (secondary N) is 2. The number of anilines is 3. The molecule has 0 fully saturated rings. The second-order valence-electron chi connectivity index (χ2n) is 7.19. The molecule has 0 spiro atoms. The van der Waals surface area contributed by atoms with E-state index in [1.54, 1.807) is 42.5 Å². The Bertz CT molecular complexity index is 1330. The Hall–Kier alpha value is -4.53. The lowest BCUT2D eigenvalue weighted by Crippen LogP contribution is -2.32. The van der Waals surface area contributed by atoms with Crippen molar-refractivity contribution in [2.45, 2.75) is 13.8 Å². The Morgan fingerprint density at radius 2 is 1.81 bits per heavy atom. The zero-order valence-electron chi connectivity index (χ0n) is 17.4. The number of urea groups is 1. The molecule has 162 valence electrons. The maximum Gasteiger partial charge on any atom is 0.411 e. The zero-order valence-corrected chi connectivity index (χ0v) is 17.4. The molecule has 3 amide bonds. The highest BCUT2D eigenvalue weighted by Crippen LogP contribution is 2.33. The van der Waals surface area contributed by atoms with Crippen molar-refractivity contribution in [1.82, 2.24) is 9.97 Å². The molecule has 32 heavy (non-hydrogen) atoms. The summed E-state index contributed by atoms with van der Waals surface area (Å²) in [7, 11) is 0. The minimum absolute atomic E-state index is 0.122. The van der Waals surface area contributed by atoms with Crippen molar-refractivity contribution in [3.63, 3.8) is 0 Å². The molecule has 0 aliphatic rings. The van der Waals surface area contributed by atoms with Gasteiger partial charge in [0.1, 0.15) is 11.5 Å². The van der Waals surface area contributed by atoms with Gasteiger partial charge >= 0.3 is 12.1 Å². The number of nitrogens with two attached hydrogens (primary N) is 1. The van der Waals surface area contributed by atoms with E-state index in [1.165, 1.54) is 4.90 Å². The number of benzene rings is 3. The maximum absolute atomic E-state index is 12.3. The van der Waals surface area contributed by atoms with E-state index in [0.717, 1.165) is 11.1 Å². The number of fused-ring (bicyclic) bond motifs is 1. The van der Waals surface area contributed by atoms with Crippen molar-refractivity contribution in [3.8, 4) is 11.5 Å². The molecule has 0 saturated heterocycles. The number of imidazole rings is 1. The number of carbonyl (C=O) groups excluding carboxylic acids is 1. The quantitative estimate of drug-likeness (QED) is 0.341. The van der Waals surface area contributed by atoms with E-state index in [9.17, 15) is 9.59 Å². The first-order chi connectivity index (χ1) is 15.3. The van der Waals surface area contributed by atoms with E-state index < -0.39 is 12.1 Å². The molecule has 9 heteroatoms. The average molecular weight is 431 g/mol. The Morgan fingerprint density at radius 3 is 2.56 bits per heavy atom. The van der Waals surface area contributed by atoms with Crippen LogP contribution in [0.1, 0.15) is 11.1 Å². The number of carbonyl (C=O) groups is 2. The summed E-state index contributed by atoms with van der Waals surface area (Å²) in [5.41, 5.74) is 10.2. The number of primary amides is 1. The molecule has 0 saturated carbocycles. The van der Waals surface area contributed by atoms with E-state index in [4.69, 9.17) is 15.6 Å². The monoisotopic (exact) mass is 431 g/mol. The van der Waals surface area contributed by atoms with Crippen molar-refractivity contribution in [2.24, 2.45) is 5.73 Å². The second kappa shape index (κ2) is 8.31. The zero-order chi connectivity index (χ0) is 22.8. The molecule has 0 bridgehead atoms. The van der Waals surface area contributed by atoms with Crippen LogP contribution in [0, 0.1) is 13.8 Å². The third kappa shape index (κ3) is 4.17. The van der Waals surface area contributed by atoms with Gasteiger partial charge in [0, 0.05) is 12.1 Å². The minimum Gasteiger partial charge on any atom is -0.465 e.